The van der Waals surface area contributed by atoms with Gasteiger partial charge < -0.3 is 10.2 Å². The van der Waals surface area contributed by atoms with Crippen molar-refractivity contribution in [2.45, 2.75) is 20.4 Å². The van der Waals surface area contributed by atoms with E-state index < -0.39 is 0 Å². The van der Waals surface area contributed by atoms with Crippen LogP contribution in [-0.4, -0.2) is 30.9 Å². The Bertz CT molecular complexity index is 440. The normalized spacial score (nSPS) is 11.7. The van der Waals surface area contributed by atoms with Gasteiger partial charge in [0.15, 0.2) is 0 Å². The summed E-state index contributed by atoms with van der Waals surface area (Å²) in [6, 6.07) is 5.46. The quantitative estimate of drug-likeness (QED) is 0.858. The molecule has 0 saturated heterocycles. The van der Waals surface area contributed by atoms with Crippen molar-refractivity contribution in [1.82, 2.24) is 10.2 Å². The second kappa shape index (κ2) is 9.46. The average molecular weight is 340 g/mol. The van der Waals surface area contributed by atoms with Crippen LogP contribution in [0.5, 0.6) is 0 Å². The van der Waals surface area contributed by atoms with Crippen molar-refractivity contribution >= 4 is 41.5 Å². The fourth-order valence-electron chi connectivity index (χ4n) is 1.91. The first-order valence-corrected chi connectivity index (χ1v) is 7.12. The van der Waals surface area contributed by atoms with Gasteiger partial charge in [0.1, 0.15) is 0 Å². The number of nitrogens with one attached hydrogen (secondary N) is 1. The number of halogens is 3. The summed E-state index contributed by atoms with van der Waals surface area (Å²) < 4.78 is 0. The molecule has 0 radical (unpaired) electrons. The minimum absolute atomic E-state index is 0. The summed E-state index contributed by atoms with van der Waals surface area (Å²) in [6.07, 6.45) is 0. The van der Waals surface area contributed by atoms with Crippen molar-refractivity contribution in [3.63, 3.8) is 0 Å². The summed E-state index contributed by atoms with van der Waals surface area (Å²) in [5.41, 5.74) is 0.987. The molecule has 0 aliphatic rings. The van der Waals surface area contributed by atoms with Crippen LogP contribution >= 0.6 is 35.6 Å². The smallest absolute Gasteiger partial charge is 0.226 e. The SMILES string of the molecule is CCN(Cc1ccc(Cl)c(Cl)c1)C(=O)C(C)CNC.Cl. The molecule has 0 aromatic heterocycles. The predicted octanol–water partition coefficient (Wildman–Crippen LogP) is 3.62. The molecule has 0 aliphatic heterocycles. The molecular weight excluding hydrogens is 319 g/mol. The summed E-state index contributed by atoms with van der Waals surface area (Å²) in [4.78, 5) is 14.1. The third kappa shape index (κ3) is 5.49. The van der Waals surface area contributed by atoms with E-state index in [0.29, 0.717) is 29.7 Å². The number of nitrogens with zero attached hydrogens (tertiary/aromatic N) is 1. The van der Waals surface area contributed by atoms with Crippen LogP contribution in [0.4, 0.5) is 0 Å². The molecule has 1 atom stereocenters. The highest BCUT2D eigenvalue weighted by molar-refractivity contribution is 6.42. The van der Waals surface area contributed by atoms with Crippen molar-refractivity contribution in [1.29, 1.82) is 0 Å². The maximum absolute atomic E-state index is 12.2. The van der Waals surface area contributed by atoms with E-state index in [1.807, 2.05) is 37.9 Å². The number of hydrogen-bond donors (Lipinski definition) is 1. The molecule has 20 heavy (non-hydrogen) atoms. The fraction of sp³-hybridized carbons (Fsp3) is 0.500. The molecular formula is C14H21Cl3N2O. The molecule has 0 bridgehead atoms. The van der Waals surface area contributed by atoms with Gasteiger partial charge in [-0.25, -0.2) is 0 Å². The summed E-state index contributed by atoms with van der Waals surface area (Å²) in [6.45, 7) is 5.81. The first kappa shape index (κ1) is 19.5. The molecule has 1 aromatic carbocycles. The minimum Gasteiger partial charge on any atom is -0.338 e. The lowest BCUT2D eigenvalue weighted by Crippen LogP contribution is -2.38. The molecule has 0 heterocycles. The maximum atomic E-state index is 12.2. The highest BCUT2D eigenvalue weighted by atomic mass is 35.5. The molecule has 0 spiro atoms. The van der Waals surface area contributed by atoms with Crippen molar-refractivity contribution in [2.75, 3.05) is 20.1 Å². The van der Waals surface area contributed by atoms with Crippen molar-refractivity contribution in [3.8, 4) is 0 Å². The Morgan fingerprint density at radius 3 is 2.50 bits per heavy atom. The van der Waals surface area contributed by atoms with Crippen LogP contribution in [0.25, 0.3) is 0 Å². The molecule has 6 heteroatoms. The number of benzene rings is 1. The first-order valence-electron chi connectivity index (χ1n) is 6.36. The zero-order valence-corrected chi connectivity index (χ0v) is 14.3. The Hall–Kier alpha value is -0.480. The molecule has 3 nitrogen and oxygen atoms in total. The van der Waals surface area contributed by atoms with Gasteiger partial charge in [-0.1, -0.05) is 36.2 Å². The highest BCUT2D eigenvalue weighted by Gasteiger charge is 2.18. The van der Waals surface area contributed by atoms with Gasteiger partial charge in [0.2, 0.25) is 5.91 Å². The Labute approximate surface area is 137 Å². The topological polar surface area (TPSA) is 32.3 Å². The van der Waals surface area contributed by atoms with E-state index in [1.165, 1.54) is 0 Å². The molecule has 0 aliphatic carbocycles. The van der Waals surface area contributed by atoms with Gasteiger partial charge in [-0.05, 0) is 31.7 Å². The molecule has 1 N–H and O–H groups in total. The van der Waals surface area contributed by atoms with Gasteiger partial charge in [-0.3, -0.25) is 4.79 Å². The zero-order chi connectivity index (χ0) is 14.4. The van der Waals surface area contributed by atoms with Gasteiger partial charge in [-0.15, -0.1) is 12.4 Å². The van der Waals surface area contributed by atoms with E-state index >= 15 is 0 Å². The maximum Gasteiger partial charge on any atom is 0.226 e. The third-order valence-corrected chi connectivity index (χ3v) is 3.72. The zero-order valence-electron chi connectivity index (χ0n) is 12.0. The van der Waals surface area contributed by atoms with Gasteiger partial charge in [0.25, 0.3) is 0 Å². The summed E-state index contributed by atoms with van der Waals surface area (Å²) >= 11 is 11.9. The van der Waals surface area contributed by atoms with Gasteiger partial charge in [-0.2, -0.15) is 0 Å². The van der Waals surface area contributed by atoms with E-state index in [9.17, 15) is 4.79 Å². The van der Waals surface area contributed by atoms with E-state index in [-0.39, 0.29) is 24.2 Å². The predicted molar refractivity (Wildman–Crippen MR) is 87.9 cm³/mol. The van der Waals surface area contributed by atoms with Crippen LogP contribution in [0.3, 0.4) is 0 Å². The third-order valence-electron chi connectivity index (χ3n) is 2.98. The highest BCUT2D eigenvalue weighted by Crippen LogP contribution is 2.23. The Morgan fingerprint density at radius 1 is 1.35 bits per heavy atom. The Kier molecular flexibility index (Phi) is 9.23. The van der Waals surface area contributed by atoms with Crippen LogP contribution in [0, 0.1) is 5.92 Å². The van der Waals surface area contributed by atoms with E-state index in [4.69, 9.17) is 23.2 Å². The van der Waals surface area contributed by atoms with E-state index in [2.05, 4.69) is 5.32 Å². The van der Waals surface area contributed by atoms with Crippen molar-refractivity contribution in [3.05, 3.63) is 33.8 Å². The molecule has 1 aromatic rings. The molecule has 114 valence electrons. The summed E-state index contributed by atoms with van der Waals surface area (Å²) in [5.74, 6) is 0.107. The molecule has 1 unspecified atom stereocenters. The van der Waals surface area contributed by atoms with E-state index in [0.717, 1.165) is 5.56 Å². The molecule has 0 fully saturated rings. The second-order valence-electron chi connectivity index (χ2n) is 4.56. The molecule has 1 rings (SSSR count). The Morgan fingerprint density at radius 2 is 2.00 bits per heavy atom. The monoisotopic (exact) mass is 338 g/mol. The first-order chi connectivity index (χ1) is 8.99. The van der Waals surface area contributed by atoms with E-state index in [1.54, 1.807) is 6.07 Å². The van der Waals surface area contributed by atoms with Crippen molar-refractivity contribution < 1.29 is 4.79 Å². The summed E-state index contributed by atoms with van der Waals surface area (Å²) in [7, 11) is 1.85. The van der Waals surface area contributed by atoms with Gasteiger partial charge in [0, 0.05) is 25.6 Å². The molecule has 1 amide bonds. The van der Waals surface area contributed by atoms with Crippen molar-refractivity contribution in [2.24, 2.45) is 5.92 Å². The van der Waals surface area contributed by atoms with Crippen LogP contribution in [0.2, 0.25) is 10.0 Å². The van der Waals surface area contributed by atoms with Gasteiger partial charge >= 0.3 is 0 Å². The molecule has 0 saturated carbocycles. The van der Waals surface area contributed by atoms with Gasteiger partial charge in [0.05, 0.1) is 10.0 Å². The second-order valence-corrected chi connectivity index (χ2v) is 5.37. The average Bonchev–Trinajstić information content (AvgIpc) is 2.39. The minimum atomic E-state index is -0.0345. The Balaban J connectivity index is 0.00000361. The number of carbonyl (C=O) groups is 1. The lowest BCUT2D eigenvalue weighted by molar-refractivity contribution is -0.135. The number of amides is 1. The fourth-order valence-corrected chi connectivity index (χ4v) is 2.23. The number of carbonyl (C=O) groups excluding carboxylic acids is 1. The number of hydrogen-bond acceptors (Lipinski definition) is 2. The lowest BCUT2D eigenvalue weighted by Gasteiger charge is -2.24. The van der Waals surface area contributed by atoms with Crippen LogP contribution in [0.1, 0.15) is 19.4 Å². The largest absolute Gasteiger partial charge is 0.338 e. The van der Waals surface area contributed by atoms with Crippen LogP contribution < -0.4 is 5.32 Å². The number of rotatable bonds is 6. The van der Waals surface area contributed by atoms with Crippen LogP contribution in [0.15, 0.2) is 18.2 Å². The van der Waals surface area contributed by atoms with Crippen LogP contribution in [-0.2, 0) is 11.3 Å². The standard InChI is InChI=1S/C14H20Cl2N2O.ClH/c1-4-18(14(19)10(2)8-17-3)9-11-5-6-12(15)13(16)7-11;/h5-7,10,17H,4,8-9H2,1-3H3;1H. The summed E-state index contributed by atoms with van der Waals surface area (Å²) in [5, 5.41) is 4.07. The lowest BCUT2D eigenvalue weighted by atomic mass is 10.1.